The Morgan fingerprint density at radius 3 is 2.40 bits per heavy atom. The van der Waals surface area contributed by atoms with E-state index in [-0.39, 0.29) is 12.2 Å². The van der Waals surface area contributed by atoms with E-state index < -0.39 is 0 Å². The summed E-state index contributed by atoms with van der Waals surface area (Å²) in [4.78, 5) is 0. The summed E-state index contributed by atoms with van der Waals surface area (Å²) < 4.78 is 7.48. The van der Waals surface area contributed by atoms with Gasteiger partial charge in [0.05, 0.1) is 24.4 Å². The van der Waals surface area contributed by atoms with Crippen molar-refractivity contribution in [1.29, 1.82) is 0 Å². The Bertz CT molecular complexity index is 294. The molecule has 0 aliphatic rings. The van der Waals surface area contributed by atoms with Crippen LogP contribution in [0.5, 0.6) is 0 Å². The largest absolute Gasteiger partial charge is 0.374 e. The van der Waals surface area contributed by atoms with Crippen LogP contribution in [0.2, 0.25) is 0 Å². The van der Waals surface area contributed by atoms with Crippen molar-refractivity contribution < 1.29 is 4.74 Å². The zero-order valence-corrected chi connectivity index (χ0v) is 10.3. The molecule has 1 atom stereocenters. The van der Waals surface area contributed by atoms with Crippen LogP contribution in [0.1, 0.15) is 46.2 Å². The SMILES string of the molecule is CC(C)OC(C)Cn1cc(C(C)C)nn1. The van der Waals surface area contributed by atoms with Gasteiger partial charge < -0.3 is 4.74 Å². The summed E-state index contributed by atoms with van der Waals surface area (Å²) in [6, 6.07) is 0. The lowest BCUT2D eigenvalue weighted by Gasteiger charge is -2.15. The fourth-order valence-electron chi connectivity index (χ4n) is 1.44. The lowest BCUT2D eigenvalue weighted by atomic mass is 10.2. The third-order valence-electron chi connectivity index (χ3n) is 2.10. The summed E-state index contributed by atoms with van der Waals surface area (Å²) >= 11 is 0. The maximum atomic E-state index is 5.64. The summed E-state index contributed by atoms with van der Waals surface area (Å²) in [5.74, 6) is 0.431. The van der Waals surface area contributed by atoms with Crippen molar-refractivity contribution in [2.45, 2.75) is 59.3 Å². The highest BCUT2D eigenvalue weighted by atomic mass is 16.5. The van der Waals surface area contributed by atoms with Crippen LogP contribution in [0.15, 0.2) is 6.20 Å². The van der Waals surface area contributed by atoms with Crippen molar-refractivity contribution >= 4 is 0 Å². The van der Waals surface area contributed by atoms with E-state index in [0.717, 1.165) is 12.2 Å². The van der Waals surface area contributed by atoms with Crippen LogP contribution >= 0.6 is 0 Å². The minimum atomic E-state index is 0.173. The highest BCUT2D eigenvalue weighted by molar-refractivity contribution is 4.98. The average Bonchev–Trinajstić information content (AvgIpc) is 2.50. The molecule has 86 valence electrons. The van der Waals surface area contributed by atoms with Crippen LogP contribution in [0.3, 0.4) is 0 Å². The van der Waals surface area contributed by atoms with E-state index in [2.05, 4.69) is 31.1 Å². The third-order valence-corrected chi connectivity index (χ3v) is 2.10. The quantitative estimate of drug-likeness (QED) is 0.749. The van der Waals surface area contributed by atoms with E-state index in [0.29, 0.717) is 5.92 Å². The van der Waals surface area contributed by atoms with Gasteiger partial charge in [0.2, 0.25) is 0 Å². The summed E-state index contributed by atoms with van der Waals surface area (Å²) in [5, 5.41) is 8.18. The zero-order valence-electron chi connectivity index (χ0n) is 10.3. The number of hydrogen-bond donors (Lipinski definition) is 0. The Morgan fingerprint density at radius 1 is 1.27 bits per heavy atom. The number of aromatic nitrogens is 3. The first-order valence-corrected chi connectivity index (χ1v) is 5.54. The van der Waals surface area contributed by atoms with Crippen molar-refractivity contribution in [1.82, 2.24) is 15.0 Å². The summed E-state index contributed by atoms with van der Waals surface area (Å²) in [5.41, 5.74) is 1.03. The molecule has 0 amide bonds. The molecule has 4 heteroatoms. The van der Waals surface area contributed by atoms with Gasteiger partial charge in [-0.1, -0.05) is 19.1 Å². The molecule has 15 heavy (non-hydrogen) atoms. The molecule has 0 fully saturated rings. The monoisotopic (exact) mass is 211 g/mol. The van der Waals surface area contributed by atoms with Crippen molar-refractivity contribution in [2.75, 3.05) is 0 Å². The van der Waals surface area contributed by atoms with Crippen molar-refractivity contribution in [2.24, 2.45) is 0 Å². The van der Waals surface area contributed by atoms with Crippen LogP contribution in [-0.2, 0) is 11.3 Å². The third kappa shape index (κ3) is 4.00. The molecular weight excluding hydrogens is 190 g/mol. The molecule has 0 spiro atoms. The highest BCUT2D eigenvalue weighted by Crippen LogP contribution is 2.09. The minimum Gasteiger partial charge on any atom is -0.374 e. The molecular formula is C11H21N3O. The van der Waals surface area contributed by atoms with E-state index in [4.69, 9.17) is 4.74 Å². The topological polar surface area (TPSA) is 39.9 Å². The fourth-order valence-corrected chi connectivity index (χ4v) is 1.44. The van der Waals surface area contributed by atoms with Gasteiger partial charge in [-0.3, -0.25) is 0 Å². The first-order chi connectivity index (χ1) is 6.99. The molecule has 1 unspecified atom stereocenters. The van der Waals surface area contributed by atoms with Crippen LogP contribution in [0, 0.1) is 0 Å². The summed E-state index contributed by atoms with van der Waals surface area (Å²) in [6.45, 7) is 11.1. The molecule has 0 saturated heterocycles. The molecule has 1 aromatic rings. The molecule has 1 heterocycles. The fraction of sp³-hybridized carbons (Fsp3) is 0.818. The van der Waals surface area contributed by atoms with Gasteiger partial charge in [-0.05, 0) is 26.7 Å². The first-order valence-electron chi connectivity index (χ1n) is 5.54. The van der Waals surface area contributed by atoms with Gasteiger partial charge in [0.1, 0.15) is 0 Å². The molecule has 0 aliphatic carbocycles. The standard InChI is InChI=1S/C11H21N3O/c1-8(2)11-7-14(13-12-11)6-10(5)15-9(3)4/h7-10H,6H2,1-5H3. The molecule has 0 N–H and O–H groups in total. The highest BCUT2D eigenvalue weighted by Gasteiger charge is 2.09. The normalized spacial score (nSPS) is 13.8. The Hall–Kier alpha value is -0.900. The number of nitrogens with zero attached hydrogens (tertiary/aromatic N) is 3. The van der Waals surface area contributed by atoms with Crippen molar-refractivity contribution in [3.8, 4) is 0 Å². The van der Waals surface area contributed by atoms with Crippen LogP contribution in [-0.4, -0.2) is 27.2 Å². The number of ether oxygens (including phenoxy) is 1. The van der Waals surface area contributed by atoms with Gasteiger partial charge >= 0.3 is 0 Å². The lowest BCUT2D eigenvalue weighted by Crippen LogP contribution is -2.20. The molecule has 0 aromatic carbocycles. The van der Waals surface area contributed by atoms with E-state index in [1.165, 1.54) is 0 Å². The van der Waals surface area contributed by atoms with E-state index in [9.17, 15) is 0 Å². The van der Waals surface area contributed by atoms with Gasteiger partial charge in [-0.25, -0.2) is 4.68 Å². The minimum absolute atomic E-state index is 0.173. The number of rotatable bonds is 5. The molecule has 0 radical (unpaired) electrons. The second kappa shape index (κ2) is 5.26. The Labute approximate surface area is 91.6 Å². The summed E-state index contributed by atoms with van der Waals surface area (Å²) in [7, 11) is 0. The van der Waals surface area contributed by atoms with Crippen LogP contribution in [0.4, 0.5) is 0 Å². The predicted octanol–water partition coefficient (Wildman–Crippen LogP) is 2.21. The Balaban J connectivity index is 2.49. The van der Waals surface area contributed by atoms with Gasteiger partial charge in [-0.15, -0.1) is 5.10 Å². The molecule has 0 bridgehead atoms. The van der Waals surface area contributed by atoms with Gasteiger partial charge in [0, 0.05) is 6.20 Å². The Kier molecular flexibility index (Phi) is 4.27. The van der Waals surface area contributed by atoms with Crippen molar-refractivity contribution in [3.63, 3.8) is 0 Å². The maximum Gasteiger partial charge on any atom is 0.0852 e. The molecule has 1 rings (SSSR count). The van der Waals surface area contributed by atoms with Crippen molar-refractivity contribution in [3.05, 3.63) is 11.9 Å². The number of hydrogen-bond acceptors (Lipinski definition) is 3. The molecule has 0 aliphatic heterocycles. The van der Waals surface area contributed by atoms with Gasteiger partial charge in [-0.2, -0.15) is 0 Å². The molecule has 4 nitrogen and oxygen atoms in total. The molecule has 0 saturated carbocycles. The maximum absolute atomic E-state index is 5.64. The second-order valence-corrected chi connectivity index (χ2v) is 4.52. The lowest BCUT2D eigenvalue weighted by molar-refractivity contribution is 0.00755. The summed E-state index contributed by atoms with van der Waals surface area (Å²) in [6.07, 6.45) is 2.42. The van der Waals surface area contributed by atoms with Gasteiger partial charge in [0.15, 0.2) is 0 Å². The van der Waals surface area contributed by atoms with E-state index >= 15 is 0 Å². The smallest absolute Gasteiger partial charge is 0.0852 e. The first kappa shape index (κ1) is 12.2. The zero-order chi connectivity index (χ0) is 11.4. The van der Waals surface area contributed by atoms with Crippen LogP contribution < -0.4 is 0 Å². The van der Waals surface area contributed by atoms with Crippen LogP contribution in [0.25, 0.3) is 0 Å². The van der Waals surface area contributed by atoms with E-state index in [1.807, 2.05) is 24.7 Å². The van der Waals surface area contributed by atoms with E-state index in [1.54, 1.807) is 0 Å². The average molecular weight is 211 g/mol. The van der Waals surface area contributed by atoms with Gasteiger partial charge in [0.25, 0.3) is 0 Å². The second-order valence-electron chi connectivity index (χ2n) is 4.52. The predicted molar refractivity (Wildman–Crippen MR) is 59.8 cm³/mol. The Morgan fingerprint density at radius 2 is 1.93 bits per heavy atom. The molecule has 1 aromatic heterocycles.